The SMILES string of the molecule is OCCOc1cccc(CCc2ccc(OCc3ccccc3)nn2)c1. The predicted molar refractivity (Wildman–Crippen MR) is 99.2 cm³/mol. The van der Waals surface area contributed by atoms with E-state index in [1.54, 1.807) is 0 Å². The minimum absolute atomic E-state index is 0.0124. The number of hydrogen-bond donors (Lipinski definition) is 1. The van der Waals surface area contributed by atoms with Crippen LogP contribution in [0, 0.1) is 0 Å². The Hall–Kier alpha value is -2.92. The summed E-state index contributed by atoms with van der Waals surface area (Å²) in [4.78, 5) is 0. The van der Waals surface area contributed by atoms with Crippen molar-refractivity contribution in [3.63, 3.8) is 0 Å². The van der Waals surface area contributed by atoms with Gasteiger partial charge in [-0.05, 0) is 42.2 Å². The quantitative estimate of drug-likeness (QED) is 0.642. The standard InChI is InChI=1S/C21H22N2O3/c24-13-14-25-20-8-4-7-17(15-20)9-10-19-11-12-21(23-22-19)26-16-18-5-2-1-3-6-18/h1-8,11-12,15,24H,9-10,13-14,16H2. The maximum Gasteiger partial charge on any atom is 0.233 e. The zero-order chi connectivity index (χ0) is 18.0. The average Bonchev–Trinajstić information content (AvgIpc) is 2.71. The second kappa shape index (κ2) is 9.53. The van der Waals surface area contributed by atoms with Crippen LogP contribution in [0.4, 0.5) is 0 Å². The zero-order valence-electron chi connectivity index (χ0n) is 14.5. The molecule has 5 heteroatoms. The van der Waals surface area contributed by atoms with Crippen molar-refractivity contribution in [1.82, 2.24) is 10.2 Å². The molecule has 1 heterocycles. The highest BCUT2D eigenvalue weighted by Gasteiger charge is 2.02. The third kappa shape index (κ3) is 5.57. The molecule has 0 atom stereocenters. The maximum absolute atomic E-state index is 8.82. The number of aliphatic hydroxyl groups is 1. The van der Waals surface area contributed by atoms with Gasteiger partial charge >= 0.3 is 0 Å². The highest BCUT2D eigenvalue weighted by molar-refractivity contribution is 5.29. The van der Waals surface area contributed by atoms with Crippen LogP contribution in [-0.2, 0) is 19.4 Å². The molecule has 0 aliphatic rings. The molecule has 0 saturated heterocycles. The Labute approximate surface area is 153 Å². The molecule has 0 aliphatic heterocycles. The summed E-state index contributed by atoms with van der Waals surface area (Å²) in [7, 11) is 0. The van der Waals surface area contributed by atoms with Gasteiger partial charge in [0.1, 0.15) is 19.0 Å². The summed E-state index contributed by atoms with van der Waals surface area (Å²) < 4.78 is 11.1. The lowest BCUT2D eigenvalue weighted by atomic mass is 10.1. The molecule has 26 heavy (non-hydrogen) atoms. The van der Waals surface area contributed by atoms with Crippen molar-refractivity contribution in [3.05, 3.63) is 83.6 Å². The number of aliphatic hydroxyl groups excluding tert-OH is 1. The minimum atomic E-state index is 0.0124. The summed E-state index contributed by atoms with van der Waals surface area (Å²) in [6.45, 7) is 0.799. The number of aromatic nitrogens is 2. The van der Waals surface area contributed by atoms with Crippen LogP contribution in [0.3, 0.4) is 0 Å². The van der Waals surface area contributed by atoms with Gasteiger partial charge < -0.3 is 14.6 Å². The second-order valence-corrected chi connectivity index (χ2v) is 5.86. The first-order valence-corrected chi connectivity index (χ1v) is 8.65. The maximum atomic E-state index is 8.82. The molecule has 1 N–H and O–H groups in total. The van der Waals surface area contributed by atoms with Gasteiger partial charge in [-0.2, -0.15) is 5.10 Å². The first-order chi connectivity index (χ1) is 12.8. The molecular weight excluding hydrogens is 328 g/mol. The summed E-state index contributed by atoms with van der Waals surface area (Å²) in [5, 5.41) is 17.2. The van der Waals surface area contributed by atoms with E-state index in [-0.39, 0.29) is 6.61 Å². The second-order valence-electron chi connectivity index (χ2n) is 5.86. The number of aryl methyl sites for hydroxylation is 2. The molecule has 0 saturated carbocycles. The van der Waals surface area contributed by atoms with Gasteiger partial charge in [0, 0.05) is 6.07 Å². The van der Waals surface area contributed by atoms with Crippen molar-refractivity contribution >= 4 is 0 Å². The highest BCUT2D eigenvalue weighted by atomic mass is 16.5. The highest BCUT2D eigenvalue weighted by Crippen LogP contribution is 2.15. The van der Waals surface area contributed by atoms with Crippen LogP contribution in [0.15, 0.2) is 66.7 Å². The van der Waals surface area contributed by atoms with Crippen LogP contribution in [-0.4, -0.2) is 28.5 Å². The minimum Gasteiger partial charge on any atom is -0.491 e. The molecule has 0 aliphatic carbocycles. The van der Waals surface area contributed by atoms with Gasteiger partial charge in [-0.1, -0.05) is 42.5 Å². The molecular formula is C21H22N2O3. The molecule has 1 aromatic heterocycles. The fourth-order valence-electron chi connectivity index (χ4n) is 2.52. The van der Waals surface area contributed by atoms with Crippen molar-refractivity contribution < 1.29 is 14.6 Å². The Morgan fingerprint density at radius 2 is 1.62 bits per heavy atom. The third-order valence-electron chi connectivity index (χ3n) is 3.85. The van der Waals surface area contributed by atoms with Crippen LogP contribution in [0.5, 0.6) is 11.6 Å². The Bertz CT molecular complexity index is 792. The van der Waals surface area contributed by atoms with E-state index in [9.17, 15) is 0 Å². The molecule has 134 valence electrons. The fourth-order valence-corrected chi connectivity index (χ4v) is 2.52. The van der Waals surface area contributed by atoms with Crippen molar-refractivity contribution in [2.45, 2.75) is 19.4 Å². The van der Waals surface area contributed by atoms with Gasteiger partial charge in [0.2, 0.25) is 5.88 Å². The summed E-state index contributed by atoms with van der Waals surface area (Å²) in [6.07, 6.45) is 1.63. The normalized spacial score (nSPS) is 10.5. The summed E-state index contributed by atoms with van der Waals surface area (Å²) in [5.41, 5.74) is 3.17. The van der Waals surface area contributed by atoms with E-state index in [1.807, 2.05) is 60.7 Å². The number of hydrogen-bond acceptors (Lipinski definition) is 5. The number of rotatable bonds is 9. The van der Waals surface area contributed by atoms with E-state index >= 15 is 0 Å². The van der Waals surface area contributed by atoms with Gasteiger partial charge in [-0.3, -0.25) is 0 Å². The van der Waals surface area contributed by atoms with Crippen LogP contribution >= 0.6 is 0 Å². The van der Waals surface area contributed by atoms with Crippen LogP contribution in [0.1, 0.15) is 16.8 Å². The Morgan fingerprint density at radius 1 is 0.769 bits per heavy atom. The van der Waals surface area contributed by atoms with Gasteiger partial charge in [0.05, 0.1) is 12.3 Å². The number of benzene rings is 2. The van der Waals surface area contributed by atoms with Crippen LogP contribution < -0.4 is 9.47 Å². The van der Waals surface area contributed by atoms with E-state index in [2.05, 4.69) is 16.3 Å². The van der Waals surface area contributed by atoms with E-state index in [0.717, 1.165) is 35.4 Å². The summed E-state index contributed by atoms with van der Waals surface area (Å²) in [5.74, 6) is 1.30. The van der Waals surface area contributed by atoms with E-state index in [1.165, 1.54) is 0 Å². The lowest BCUT2D eigenvalue weighted by Gasteiger charge is -2.07. The first-order valence-electron chi connectivity index (χ1n) is 8.65. The Kier molecular flexibility index (Phi) is 6.56. The van der Waals surface area contributed by atoms with Crippen molar-refractivity contribution in [1.29, 1.82) is 0 Å². The van der Waals surface area contributed by atoms with Crippen LogP contribution in [0.2, 0.25) is 0 Å². The molecule has 0 bridgehead atoms. The topological polar surface area (TPSA) is 64.5 Å². The van der Waals surface area contributed by atoms with E-state index < -0.39 is 0 Å². The van der Waals surface area contributed by atoms with Gasteiger partial charge in [0.25, 0.3) is 0 Å². The lowest BCUT2D eigenvalue weighted by Crippen LogP contribution is -2.02. The average molecular weight is 350 g/mol. The number of ether oxygens (including phenoxy) is 2. The summed E-state index contributed by atoms with van der Waals surface area (Å²) >= 11 is 0. The molecule has 3 rings (SSSR count). The molecule has 2 aromatic carbocycles. The Morgan fingerprint density at radius 3 is 2.38 bits per heavy atom. The third-order valence-corrected chi connectivity index (χ3v) is 3.85. The fraction of sp³-hybridized carbons (Fsp3) is 0.238. The van der Waals surface area contributed by atoms with Crippen molar-refractivity contribution in [2.75, 3.05) is 13.2 Å². The molecule has 0 amide bonds. The molecule has 0 radical (unpaired) electrons. The van der Waals surface area contributed by atoms with E-state index in [0.29, 0.717) is 19.1 Å². The lowest BCUT2D eigenvalue weighted by molar-refractivity contribution is 0.201. The van der Waals surface area contributed by atoms with Crippen molar-refractivity contribution in [3.8, 4) is 11.6 Å². The summed E-state index contributed by atoms with van der Waals surface area (Å²) in [6, 6.07) is 21.6. The van der Waals surface area contributed by atoms with Crippen LogP contribution in [0.25, 0.3) is 0 Å². The van der Waals surface area contributed by atoms with Gasteiger partial charge in [-0.15, -0.1) is 5.10 Å². The molecule has 0 unspecified atom stereocenters. The van der Waals surface area contributed by atoms with Gasteiger partial charge in [-0.25, -0.2) is 0 Å². The van der Waals surface area contributed by atoms with E-state index in [4.69, 9.17) is 14.6 Å². The monoisotopic (exact) mass is 350 g/mol. The molecule has 0 fully saturated rings. The molecule has 3 aromatic rings. The van der Waals surface area contributed by atoms with Crippen molar-refractivity contribution in [2.24, 2.45) is 0 Å². The molecule has 0 spiro atoms. The first kappa shape index (κ1) is 17.9. The smallest absolute Gasteiger partial charge is 0.233 e. The molecule has 5 nitrogen and oxygen atoms in total. The Balaban J connectivity index is 1.50. The largest absolute Gasteiger partial charge is 0.491 e. The predicted octanol–water partition coefficient (Wildman–Crippen LogP) is 3.21. The number of nitrogens with zero attached hydrogens (tertiary/aromatic N) is 2. The van der Waals surface area contributed by atoms with Gasteiger partial charge in [0.15, 0.2) is 0 Å². The zero-order valence-corrected chi connectivity index (χ0v) is 14.5.